The number of carbonyl (C=O) groups excluding carboxylic acids is 2. The number of β-amino-alcohol motifs (C(OH)–C–C–N with tert-alkyl or cyclic N) is 1. The average molecular weight is 536 g/mol. The van der Waals surface area contributed by atoms with Gasteiger partial charge in [-0.25, -0.2) is 0 Å². The van der Waals surface area contributed by atoms with E-state index in [1.54, 1.807) is 10.5 Å². The van der Waals surface area contributed by atoms with Crippen LogP contribution in [0.15, 0.2) is 24.8 Å². The number of ether oxygens (including phenoxy) is 1. The number of aliphatic hydroxyl groups is 1. The Labute approximate surface area is 235 Å². The first-order valence-electron chi connectivity index (χ1n) is 14.9. The highest BCUT2D eigenvalue weighted by atomic mass is 16.5. The molecule has 5 unspecified atom stereocenters. The molecule has 0 aromatic heterocycles. The number of amides is 1. The molecular formula is C33H61NO4. The van der Waals surface area contributed by atoms with E-state index >= 15 is 0 Å². The molecule has 2 saturated heterocycles. The zero-order chi connectivity index (χ0) is 29.9. The van der Waals surface area contributed by atoms with E-state index in [2.05, 4.69) is 46.9 Å². The average Bonchev–Trinajstić information content (AvgIpc) is 3.60. The lowest BCUT2D eigenvalue weighted by Crippen LogP contribution is -2.45. The molecule has 0 spiro atoms. The number of hydrogen-bond donors (Lipinski definition) is 1. The first-order chi connectivity index (χ1) is 17.6. The molecule has 2 saturated carbocycles. The van der Waals surface area contributed by atoms with Crippen molar-refractivity contribution in [3.05, 3.63) is 24.8 Å². The highest BCUT2D eigenvalue weighted by Gasteiger charge is 2.46. The summed E-state index contributed by atoms with van der Waals surface area (Å²) in [4.78, 5) is 25.3. The fraction of sp³-hybridized carbons (Fsp3) is 0.818. The van der Waals surface area contributed by atoms with E-state index in [-0.39, 0.29) is 35.2 Å². The Bertz CT molecular complexity index is 749. The van der Waals surface area contributed by atoms with Crippen molar-refractivity contribution in [2.75, 3.05) is 13.2 Å². The van der Waals surface area contributed by atoms with Gasteiger partial charge in [-0.15, -0.1) is 13.2 Å². The van der Waals surface area contributed by atoms with Crippen molar-refractivity contribution < 1.29 is 19.4 Å². The lowest BCUT2D eigenvalue weighted by Gasteiger charge is -2.32. The van der Waals surface area contributed by atoms with Crippen molar-refractivity contribution in [3.63, 3.8) is 0 Å². The predicted octanol–water partition coefficient (Wildman–Crippen LogP) is 7.77. The SMILES string of the molecule is C/C=C(\C)C1CC1.C=C.CC.CC(=O)C1CC(O)CN1C(=O)C(C)C(C)(C)C.CC12CCCC(C)(C1)OC2. The number of carbonyl (C=O) groups is 2. The van der Waals surface area contributed by atoms with Crippen LogP contribution in [0.4, 0.5) is 0 Å². The summed E-state index contributed by atoms with van der Waals surface area (Å²) in [5.41, 5.74) is 2.24. The van der Waals surface area contributed by atoms with Gasteiger partial charge in [-0.2, -0.15) is 0 Å². The number of aliphatic hydroxyl groups excluding tert-OH is 1. The quantitative estimate of drug-likeness (QED) is 0.375. The second kappa shape index (κ2) is 16.0. The summed E-state index contributed by atoms with van der Waals surface area (Å²) < 4.78 is 5.77. The van der Waals surface area contributed by atoms with Gasteiger partial charge in [-0.05, 0) is 83.0 Å². The largest absolute Gasteiger partial charge is 0.391 e. The number of rotatable bonds is 3. The minimum Gasteiger partial charge on any atom is -0.391 e. The molecule has 2 bridgehead atoms. The van der Waals surface area contributed by atoms with Crippen LogP contribution >= 0.6 is 0 Å². The van der Waals surface area contributed by atoms with Gasteiger partial charge < -0.3 is 14.7 Å². The maximum Gasteiger partial charge on any atom is 0.226 e. The first kappa shape index (κ1) is 36.5. The maximum atomic E-state index is 12.3. The molecule has 2 aliphatic carbocycles. The molecule has 38 heavy (non-hydrogen) atoms. The van der Waals surface area contributed by atoms with Gasteiger partial charge >= 0.3 is 0 Å². The van der Waals surface area contributed by atoms with Crippen molar-refractivity contribution in [2.24, 2.45) is 22.7 Å². The van der Waals surface area contributed by atoms with Crippen LogP contribution in [-0.4, -0.2) is 52.6 Å². The Balaban J connectivity index is 0.000000549. The van der Waals surface area contributed by atoms with Crippen LogP contribution in [0.1, 0.15) is 121 Å². The minimum atomic E-state index is -0.569. The molecule has 5 heteroatoms. The van der Waals surface area contributed by atoms with Crippen molar-refractivity contribution in [2.45, 2.75) is 139 Å². The number of allylic oxidation sites excluding steroid dienone is 2. The summed E-state index contributed by atoms with van der Waals surface area (Å²) in [6.45, 7) is 29.6. The summed E-state index contributed by atoms with van der Waals surface area (Å²) in [6.07, 6.45) is 10.2. The molecule has 1 amide bonds. The van der Waals surface area contributed by atoms with Gasteiger partial charge in [0.25, 0.3) is 0 Å². The fourth-order valence-corrected chi connectivity index (χ4v) is 5.40. The van der Waals surface area contributed by atoms with Crippen LogP contribution in [0.2, 0.25) is 0 Å². The van der Waals surface area contributed by atoms with Crippen LogP contribution in [0, 0.1) is 22.7 Å². The number of likely N-dealkylation sites (tertiary alicyclic amines) is 1. The molecular weight excluding hydrogens is 474 g/mol. The third-order valence-electron chi connectivity index (χ3n) is 8.43. The molecule has 222 valence electrons. The van der Waals surface area contributed by atoms with Crippen LogP contribution < -0.4 is 0 Å². The number of ketones is 1. The molecule has 4 aliphatic rings. The highest BCUT2D eigenvalue weighted by Crippen LogP contribution is 2.49. The summed E-state index contributed by atoms with van der Waals surface area (Å²) in [7, 11) is 0. The Morgan fingerprint density at radius 2 is 1.66 bits per heavy atom. The van der Waals surface area contributed by atoms with Gasteiger partial charge in [0.1, 0.15) is 0 Å². The second-order valence-corrected chi connectivity index (χ2v) is 13.0. The van der Waals surface area contributed by atoms with E-state index in [1.807, 2.05) is 41.5 Å². The Morgan fingerprint density at radius 3 is 2.03 bits per heavy atom. The Kier molecular flexibility index (Phi) is 15.3. The number of hydrogen-bond acceptors (Lipinski definition) is 4. The first-order valence-corrected chi connectivity index (χ1v) is 14.9. The number of Topliss-reactive ketones (excluding diaryl/α,β-unsaturated/α-hetero) is 1. The van der Waals surface area contributed by atoms with Gasteiger partial charge in [0.15, 0.2) is 5.78 Å². The van der Waals surface area contributed by atoms with Gasteiger partial charge in [0.05, 0.1) is 24.4 Å². The zero-order valence-electron chi connectivity index (χ0n) is 26.8. The summed E-state index contributed by atoms with van der Waals surface area (Å²) in [5.74, 6) is 0.741. The smallest absolute Gasteiger partial charge is 0.226 e. The molecule has 0 aromatic carbocycles. The van der Waals surface area contributed by atoms with E-state index < -0.39 is 12.1 Å². The van der Waals surface area contributed by atoms with Crippen molar-refractivity contribution in [1.82, 2.24) is 4.90 Å². The normalized spacial score (nSPS) is 30.6. The van der Waals surface area contributed by atoms with Crippen molar-refractivity contribution in [1.29, 1.82) is 0 Å². The van der Waals surface area contributed by atoms with E-state index in [0.717, 1.165) is 12.5 Å². The maximum absolute atomic E-state index is 12.3. The summed E-state index contributed by atoms with van der Waals surface area (Å²) >= 11 is 0. The Hall–Kier alpha value is -1.46. The van der Waals surface area contributed by atoms with Crippen molar-refractivity contribution >= 4 is 11.7 Å². The van der Waals surface area contributed by atoms with Crippen LogP contribution in [0.25, 0.3) is 0 Å². The summed E-state index contributed by atoms with van der Waals surface area (Å²) in [5, 5.41) is 9.61. The van der Waals surface area contributed by atoms with Crippen LogP contribution in [0.5, 0.6) is 0 Å². The zero-order valence-corrected chi connectivity index (χ0v) is 26.8. The van der Waals surface area contributed by atoms with Crippen LogP contribution in [-0.2, 0) is 14.3 Å². The molecule has 4 rings (SSSR count). The molecule has 0 aromatic rings. The monoisotopic (exact) mass is 535 g/mol. The molecule has 5 atom stereocenters. The predicted molar refractivity (Wildman–Crippen MR) is 161 cm³/mol. The molecule has 0 radical (unpaired) electrons. The van der Waals surface area contributed by atoms with Gasteiger partial charge in [-0.1, -0.05) is 60.1 Å². The van der Waals surface area contributed by atoms with Gasteiger partial charge in [0.2, 0.25) is 5.91 Å². The highest BCUT2D eigenvalue weighted by molar-refractivity contribution is 5.89. The minimum absolute atomic E-state index is 0.0331. The lowest BCUT2D eigenvalue weighted by molar-refractivity contribution is -0.142. The van der Waals surface area contributed by atoms with Crippen LogP contribution in [0.3, 0.4) is 0 Å². The van der Waals surface area contributed by atoms with E-state index in [0.29, 0.717) is 11.8 Å². The molecule has 4 fully saturated rings. The Morgan fingerprint density at radius 1 is 1.11 bits per heavy atom. The third kappa shape index (κ3) is 11.3. The lowest BCUT2D eigenvalue weighted by atomic mass is 9.73. The van der Waals surface area contributed by atoms with E-state index in [4.69, 9.17) is 4.74 Å². The van der Waals surface area contributed by atoms with Gasteiger partial charge in [-0.3, -0.25) is 9.59 Å². The topological polar surface area (TPSA) is 66.8 Å². The van der Waals surface area contributed by atoms with E-state index in [1.165, 1.54) is 45.4 Å². The third-order valence-corrected chi connectivity index (χ3v) is 8.43. The van der Waals surface area contributed by atoms with Crippen molar-refractivity contribution in [3.8, 4) is 0 Å². The van der Waals surface area contributed by atoms with E-state index in [9.17, 15) is 14.7 Å². The number of nitrogens with zero attached hydrogens (tertiary/aromatic N) is 1. The standard InChI is InChI=1S/C13H23NO3.C9H16O.C7H12.C2H6.C2H4/c1-8(13(3,4)5)12(17)14-7-10(16)6-11(14)9(2)15;1-8-4-3-5-9(2,6-8)10-7-8;1-3-6(2)7-4-5-7;2*1-2/h8,10-11,16H,6-7H2,1-5H3;3-7H2,1-2H3;3,7H,4-5H2,1-2H3;1-2H3;1-2H2/b;;6-3+;;. The second-order valence-electron chi connectivity index (χ2n) is 13.0. The number of fused-ring (bicyclic) bond motifs is 2. The fourth-order valence-electron chi connectivity index (χ4n) is 5.40. The molecule has 5 nitrogen and oxygen atoms in total. The molecule has 2 heterocycles. The molecule has 1 N–H and O–H groups in total. The summed E-state index contributed by atoms with van der Waals surface area (Å²) in [6, 6.07) is -0.442. The van der Waals surface area contributed by atoms with Gasteiger partial charge in [0, 0.05) is 18.9 Å². The molecule has 2 aliphatic heterocycles.